The van der Waals surface area contributed by atoms with E-state index < -0.39 is 5.24 Å². The fraction of sp³-hybridized carbons (Fsp3) is 0.250. The summed E-state index contributed by atoms with van der Waals surface area (Å²) >= 11 is 5.28. The molecule has 86 valence electrons. The molecule has 0 spiro atoms. The number of benzene rings is 1. The molecule has 0 radical (unpaired) electrons. The van der Waals surface area contributed by atoms with Crippen LogP contribution >= 0.6 is 11.6 Å². The molecule has 0 saturated carbocycles. The van der Waals surface area contributed by atoms with Gasteiger partial charge in [0.1, 0.15) is 0 Å². The summed E-state index contributed by atoms with van der Waals surface area (Å²) in [5.41, 5.74) is 1.65. The lowest BCUT2D eigenvalue weighted by atomic mass is 10.1. The first kappa shape index (κ1) is 12.6. The number of rotatable bonds is 4. The Bertz CT molecular complexity index is 424. The van der Waals surface area contributed by atoms with Crippen molar-refractivity contribution in [3.05, 3.63) is 29.8 Å². The van der Waals surface area contributed by atoms with Crippen molar-refractivity contribution in [3.63, 3.8) is 0 Å². The van der Waals surface area contributed by atoms with Crippen LogP contribution in [0.3, 0.4) is 0 Å². The van der Waals surface area contributed by atoms with Crippen LogP contribution in [0.2, 0.25) is 0 Å². The van der Waals surface area contributed by atoms with E-state index in [1.165, 1.54) is 6.08 Å². The van der Waals surface area contributed by atoms with Crippen molar-refractivity contribution in [3.8, 4) is 11.5 Å². The fourth-order valence-electron chi connectivity index (χ4n) is 1.34. The van der Waals surface area contributed by atoms with E-state index in [-0.39, 0.29) is 0 Å². The second-order valence-corrected chi connectivity index (χ2v) is 3.57. The Morgan fingerprint density at radius 3 is 2.38 bits per heavy atom. The number of carbonyl (C=O) groups excluding carboxylic acids is 1. The maximum Gasteiger partial charge on any atom is 0.245 e. The third-order valence-electron chi connectivity index (χ3n) is 2.17. The second kappa shape index (κ2) is 5.56. The maximum absolute atomic E-state index is 10.7. The minimum Gasteiger partial charge on any atom is -0.493 e. The minimum atomic E-state index is -0.493. The molecule has 0 atom stereocenters. The Kier molecular flexibility index (Phi) is 4.38. The number of hydrogen-bond acceptors (Lipinski definition) is 3. The molecule has 0 aliphatic carbocycles. The summed E-state index contributed by atoms with van der Waals surface area (Å²) in [6, 6.07) is 5.42. The van der Waals surface area contributed by atoms with Gasteiger partial charge in [-0.3, -0.25) is 4.79 Å². The van der Waals surface area contributed by atoms with Crippen LogP contribution in [0, 0.1) is 0 Å². The van der Waals surface area contributed by atoms with Crippen LogP contribution in [-0.2, 0) is 4.79 Å². The van der Waals surface area contributed by atoms with Crippen LogP contribution < -0.4 is 9.47 Å². The van der Waals surface area contributed by atoms with Crippen molar-refractivity contribution < 1.29 is 14.3 Å². The standard InChI is InChI=1S/C12H13ClO3/c1-8(6-12(13)14)9-4-5-10(15-2)11(7-9)16-3/h4-7H,1-3H3. The normalized spacial score (nSPS) is 11.1. The Morgan fingerprint density at radius 2 is 1.88 bits per heavy atom. The van der Waals surface area contributed by atoms with Crippen molar-refractivity contribution in [1.29, 1.82) is 0 Å². The first-order chi connectivity index (χ1) is 7.58. The molecule has 0 heterocycles. The van der Waals surface area contributed by atoms with Gasteiger partial charge in [-0.2, -0.15) is 0 Å². The van der Waals surface area contributed by atoms with Gasteiger partial charge >= 0.3 is 0 Å². The van der Waals surface area contributed by atoms with Gasteiger partial charge in [0, 0.05) is 6.08 Å². The molecule has 4 heteroatoms. The van der Waals surface area contributed by atoms with Crippen molar-refractivity contribution in [2.24, 2.45) is 0 Å². The Hall–Kier alpha value is -1.48. The van der Waals surface area contributed by atoms with Gasteiger partial charge < -0.3 is 9.47 Å². The average molecular weight is 241 g/mol. The number of ether oxygens (including phenoxy) is 2. The second-order valence-electron chi connectivity index (χ2n) is 3.20. The molecule has 0 amide bonds. The largest absolute Gasteiger partial charge is 0.493 e. The molecule has 0 aromatic heterocycles. The van der Waals surface area contributed by atoms with E-state index in [0.717, 1.165) is 11.1 Å². The van der Waals surface area contributed by atoms with Crippen LogP contribution in [0.5, 0.6) is 11.5 Å². The van der Waals surface area contributed by atoms with Crippen LogP contribution in [0.1, 0.15) is 12.5 Å². The summed E-state index contributed by atoms with van der Waals surface area (Å²) < 4.78 is 10.3. The number of methoxy groups -OCH3 is 2. The van der Waals surface area contributed by atoms with Gasteiger partial charge in [0.05, 0.1) is 14.2 Å². The van der Waals surface area contributed by atoms with Crippen molar-refractivity contribution in [2.75, 3.05) is 14.2 Å². The molecule has 0 N–H and O–H groups in total. The molecule has 0 unspecified atom stereocenters. The predicted octanol–water partition coefficient (Wildman–Crippen LogP) is 2.87. The maximum atomic E-state index is 10.7. The molecule has 1 aromatic rings. The monoisotopic (exact) mass is 240 g/mol. The molecular formula is C12H13ClO3. The molecule has 16 heavy (non-hydrogen) atoms. The molecule has 1 aromatic carbocycles. The van der Waals surface area contributed by atoms with Crippen LogP contribution in [0.15, 0.2) is 24.3 Å². The van der Waals surface area contributed by atoms with Crippen molar-refractivity contribution >= 4 is 22.4 Å². The van der Waals surface area contributed by atoms with Gasteiger partial charge in [-0.25, -0.2) is 0 Å². The molecular weight excluding hydrogens is 228 g/mol. The summed E-state index contributed by atoms with van der Waals surface area (Å²) in [7, 11) is 3.13. The average Bonchev–Trinajstić information content (AvgIpc) is 2.27. The van der Waals surface area contributed by atoms with E-state index in [0.29, 0.717) is 11.5 Å². The zero-order valence-electron chi connectivity index (χ0n) is 9.41. The highest BCUT2D eigenvalue weighted by Crippen LogP contribution is 2.30. The third kappa shape index (κ3) is 3.00. The van der Waals surface area contributed by atoms with Crippen molar-refractivity contribution in [1.82, 2.24) is 0 Å². The first-order valence-corrected chi connectivity index (χ1v) is 5.06. The highest BCUT2D eigenvalue weighted by Gasteiger charge is 2.06. The summed E-state index contributed by atoms with van der Waals surface area (Å²) in [4.78, 5) is 10.7. The van der Waals surface area contributed by atoms with E-state index >= 15 is 0 Å². The van der Waals surface area contributed by atoms with E-state index in [2.05, 4.69) is 0 Å². The first-order valence-electron chi connectivity index (χ1n) is 4.68. The topological polar surface area (TPSA) is 35.5 Å². The van der Waals surface area contributed by atoms with E-state index in [4.69, 9.17) is 21.1 Å². The lowest BCUT2D eigenvalue weighted by molar-refractivity contribution is -0.107. The molecule has 0 aliphatic rings. The zero-order valence-corrected chi connectivity index (χ0v) is 10.2. The number of hydrogen-bond donors (Lipinski definition) is 0. The Morgan fingerprint density at radius 1 is 1.25 bits per heavy atom. The zero-order chi connectivity index (χ0) is 12.1. The fourth-order valence-corrected chi connectivity index (χ4v) is 1.50. The summed E-state index contributed by atoms with van der Waals surface area (Å²) in [6.45, 7) is 1.81. The lowest BCUT2D eigenvalue weighted by Gasteiger charge is -2.09. The molecule has 0 saturated heterocycles. The SMILES string of the molecule is COc1ccc(C(C)=CC(=O)Cl)cc1OC. The highest BCUT2D eigenvalue weighted by atomic mass is 35.5. The molecule has 0 bridgehead atoms. The molecule has 0 aliphatic heterocycles. The van der Waals surface area contributed by atoms with Crippen LogP contribution in [-0.4, -0.2) is 19.5 Å². The van der Waals surface area contributed by atoms with Gasteiger partial charge in [0.15, 0.2) is 11.5 Å². The number of carbonyl (C=O) groups is 1. The Balaban J connectivity index is 3.13. The van der Waals surface area contributed by atoms with Gasteiger partial charge in [-0.05, 0) is 41.8 Å². The molecule has 1 rings (SSSR count). The van der Waals surface area contributed by atoms with E-state index in [9.17, 15) is 4.79 Å². The molecule has 0 fully saturated rings. The van der Waals surface area contributed by atoms with Crippen molar-refractivity contribution in [2.45, 2.75) is 6.92 Å². The number of halogens is 1. The summed E-state index contributed by atoms with van der Waals surface area (Å²) in [5.74, 6) is 1.27. The number of allylic oxidation sites excluding steroid dienone is 2. The van der Waals surface area contributed by atoms with Gasteiger partial charge in [0.2, 0.25) is 5.24 Å². The smallest absolute Gasteiger partial charge is 0.245 e. The van der Waals surface area contributed by atoms with E-state index in [1.54, 1.807) is 26.4 Å². The van der Waals surface area contributed by atoms with Gasteiger partial charge in [-0.15, -0.1) is 0 Å². The lowest BCUT2D eigenvalue weighted by Crippen LogP contribution is -1.92. The predicted molar refractivity (Wildman–Crippen MR) is 64.1 cm³/mol. The highest BCUT2D eigenvalue weighted by molar-refractivity contribution is 6.67. The minimum absolute atomic E-state index is 0.493. The van der Waals surface area contributed by atoms with Crippen LogP contribution in [0.25, 0.3) is 5.57 Å². The van der Waals surface area contributed by atoms with Gasteiger partial charge in [-0.1, -0.05) is 6.07 Å². The quantitative estimate of drug-likeness (QED) is 0.600. The third-order valence-corrected chi connectivity index (χ3v) is 2.28. The van der Waals surface area contributed by atoms with E-state index in [1.807, 2.05) is 13.0 Å². The van der Waals surface area contributed by atoms with Gasteiger partial charge in [0.25, 0.3) is 0 Å². The Labute approximate surface area is 99.6 Å². The summed E-state index contributed by atoms with van der Waals surface area (Å²) in [5, 5.41) is -0.493. The molecule has 3 nitrogen and oxygen atoms in total. The van der Waals surface area contributed by atoms with Crippen LogP contribution in [0.4, 0.5) is 0 Å². The summed E-state index contributed by atoms with van der Waals surface area (Å²) in [6.07, 6.45) is 1.36.